The van der Waals surface area contributed by atoms with Gasteiger partial charge in [-0.2, -0.15) is 0 Å². The summed E-state index contributed by atoms with van der Waals surface area (Å²) in [5, 5.41) is 3.29. The first-order valence-corrected chi connectivity index (χ1v) is 8.21. The van der Waals surface area contributed by atoms with Crippen molar-refractivity contribution >= 4 is 29.3 Å². The van der Waals surface area contributed by atoms with Gasteiger partial charge in [0, 0.05) is 5.56 Å². The van der Waals surface area contributed by atoms with Gasteiger partial charge in [0.05, 0.1) is 26.5 Å². The lowest BCUT2D eigenvalue weighted by atomic mass is 10.1. The number of benzene rings is 1. The number of hydrogen-bond acceptors (Lipinski definition) is 5. The van der Waals surface area contributed by atoms with Crippen molar-refractivity contribution in [3.8, 4) is 11.5 Å². The number of carbonyl (C=O) groups is 1. The highest BCUT2D eigenvalue weighted by atomic mass is 32.1. The zero-order valence-corrected chi connectivity index (χ0v) is 14.8. The lowest BCUT2D eigenvalue weighted by molar-refractivity contribution is -0.122. The maximum absolute atomic E-state index is 12.7. The molecule has 0 atom stereocenters. The van der Waals surface area contributed by atoms with E-state index < -0.39 is 0 Å². The van der Waals surface area contributed by atoms with Crippen LogP contribution >= 0.6 is 12.2 Å². The first kappa shape index (κ1) is 17.0. The largest absolute Gasteiger partial charge is 0.492 e. The Bertz CT molecular complexity index is 814. The van der Waals surface area contributed by atoms with Crippen LogP contribution in [0.1, 0.15) is 18.2 Å². The molecule has 0 bridgehead atoms. The van der Waals surface area contributed by atoms with Gasteiger partial charge in [-0.15, -0.1) is 0 Å². The fraction of sp³-hybridized carbons (Fsp3) is 0.222. The Labute approximate surface area is 151 Å². The molecule has 1 aliphatic heterocycles. The second kappa shape index (κ2) is 7.40. The van der Waals surface area contributed by atoms with Crippen LogP contribution in [0, 0.1) is 0 Å². The van der Waals surface area contributed by atoms with Crippen molar-refractivity contribution in [2.24, 2.45) is 0 Å². The second-order valence-corrected chi connectivity index (χ2v) is 5.66. The molecule has 7 heteroatoms. The molecule has 25 heavy (non-hydrogen) atoms. The molecule has 1 fully saturated rings. The van der Waals surface area contributed by atoms with E-state index in [0.717, 1.165) is 5.56 Å². The van der Waals surface area contributed by atoms with Crippen LogP contribution in [0.5, 0.6) is 11.5 Å². The summed E-state index contributed by atoms with van der Waals surface area (Å²) in [6, 6.07) is 9.08. The van der Waals surface area contributed by atoms with Crippen molar-refractivity contribution in [1.82, 2.24) is 10.2 Å². The molecule has 0 spiro atoms. The molecule has 0 radical (unpaired) electrons. The van der Waals surface area contributed by atoms with E-state index in [4.69, 9.17) is 26.1 Å². The van der Waals surface area contributed by atoms with E-state index in [2.05, 4.69) is 5.32 Å². The van der Waals surface area contributed by atoms with E-state index in [9.17, 15) is 4.79 Å². The average molecular weight is 358 g/mol. The zero-order chi connectivity index (χ0) is 17.8. The maximum atomic E-state index is 12.7. The van der Waals surface area contributed by atoms with Crippen molar-refractivity contribution in [3.63, 3.8) is 0 Å². The number of amides is 1. The molecule has 2 aromatic rings. The minimum atomic E-state index is -0.217. The molecule has 130 valence electrons. The Kier molecular flexibility index (Phi) is 5.04. The average Bonchev–Trinajstić information content (AvgIpc) is 3.20. The van der Waals surface area contributed by atoms with Crippen LogP contribution in [0.25, 0.3) is 6.08 Å². The number of thiocarbonyl (C=S) groups is 1. The number of furan rings is 1. The minimum Gasteiger partial charge on any atom is -0.492 e. The van der Waals surface area contributed by atoms with E-state index in [-0.39, 0.29) is 12.5 Å². The summed E-state index contributed by atoms with van der Waals surface area (Å²) in [7, 11) is 1.57. The summed E-state index contributed by atoms with van der Waals surface area (Å²) in [6.45, 7) is 2.71. The smallest absolute Gasteiger partial charge is 0.276 e. The van der Waals surface area contributed by atoms with Crippen LogP contribution in [0.3, 0.4) is 0 Å². The van der Waals surface area contributed by atoms with Gasteiger partial charge >= 0.3 is 0 Å². The molecule has 1 amide bonds. The van der Waals surface area contributed by atoms with Crippen LogP contribution in [0.15, 0.2) is 46.7 Å². The Morgan fingerprint density at radius 3 is 2.84 bits per heavy atom. The Hall–Kier alpha value is -2.80. The summed E-state index contributed by atoms with van der Waals surface area (Å²) in [5.41, 5.74) is 1.11. The van der Waals surface area contributed by atoms with Crippen LogP contribution in [0.2, 0.25) is 0 Å². The summed E-state index contributed by atoms with van der Waals surface area (Å²) in [5.74, 6) is 1.64. The predicted molar refractivity (Wildman–Crippen MR) is 97.1 cm³/mol. The molecule has 0 aliphatic carbocycles. The molecular weight excluding hydrogens is 340 g/mol. The number of nitrogens with zero attached hydrogens (tertiary/aromatic N) is 1. The number of hydrogen-bond donors (Lipinski definition) is 1. The van der Waals surface area contributed by atoms with Crippen LogP contribution in [0.4, 0.5) is 0 Å². The summed E-state index contributed by atoms with van der Waals surface area (Å²) >= 11 is 5.27. The summed E-state index contributed by atoms with van der Waals surface area (Å²) < 4.78 is 16.3. The topological polar surface area (TPSA) is 63.9 Å². The fourth-order valence-corrected chi connectivity index (χ4v) is 2.82. The maximum Gasteiger partial charge on any atom is 0.276 e. The first-order chi connectivity index (χ1) is 12.1. The van der Waals surface area contributed by atoms with Gasteiger partial charge in [0.1, 0.15) is 11.5 Å². The van der Waals surface area contributed by atoms with Gasteiger partial charge in [0.15, 0.2) is 16.6 Å². The Balaban J connectivity index is 1.88. The monoisotopic (exact) mass is 358 g/mol. The van der Waals surface area contributed by atoms with E-state index in [1.807, 2.05) is 25.1 Å². The van der Waals surface area contributed by atoms with E-state index in [0.29, 0.717) is 34.7 Å². The number of carbonyl (C=O) groups excluding carboxylic acids is 1. The van der Waals surface area contributed by atoms with Crippen molar-refractivity contribution < 1.29 is 18.7 Å². The highest BCUT2D eigenvalue weighted by Gasteiger charge is 2.31. The quantitative estimate of drug-likeness (QED) is 0.633. The van der Waals surface area contributed by atoms with Crippen molar-refractivity contribution in [1.29, 1.82) is 0 Å². The molecule has 1 saturated heterocycles. The number of methoxy groups -OCH3 is 1. The molecule has 0 unspecified atom stereocenters. The minimum absolute atomic E-state index is 0.217. The van der Waals surface area contributed by atoms with Crippen molar-refractivity contribution in [3.05, 3.63) is 53.6 Å². The molecule has 1 aliphatic rings. The van der Waals surface area contributed by atoms with Gasteiger partial charge in [-0.3, -0.25) is 9.69 Å². The van der Waals surface area contributed by atoms with Gasteiger partial charge in [0.2, 0.25) is 0 Å². The van der Waals surface area contributed by atoms with Gasteiger partial charge in [-0.05, 0) is 43.4 Å². The summed E-state index contributed by atoms with van der Waals surface area (Å²) in [4.78, 5) is 14.1. The summed E-state index contributed by atoms with van der Waals surface area (Å²) in [6.07, 6.45) is 3.27. The molecule has 3 rings (SSSR count). The van der Waals surface area contributed by atoms with Crippen molar-refractivity contribution in [2.45, 2.75) is 13.5 Å². The highest BCUT2D eigenvalue weighted by Crippen LogP contribution is 2.33. The number of ether oxygens (including phenoxy) is 2. The van der Waals surface area contributed by atoms with Gasteiger partial charge in [0.25, 0.3) is 5.91 Å². The van der Waals surface area contributed by atoms with Gasteiger partial charge in [-0.25, -0.2) is 0 Å². The SMILES string of the molecule is CCOc1cccc(/C=C2\NC(=S)N(Cc3ccco3)C2=O)c1OC. The Morgan fingerprint density at radius 1 is 1.32 bits per heavy atom. The molecule has 2 heterocycles. The Morgan fingerprint density at radius 2 is 2.16 bits per heavy atom. The molecule has 1 aromatic carbocycles. The number of para-hydroxylation sites is 1. The third kappa shape index (κ3) is 3.51. The lowest BCUT2D eigenvalue weighted by Crippen LogP contribution is -2.29. The third-order valence-electron chi connectivity index (χ3n) is 3.67. The number of nitrogens with one attached hydrogen (secondary N) is 1. The van der Waals surface area contributed by atoms with Gasteiger partial charge < -0.3 is 19.2 Å². The van der Waals surface area contributed by atoms with E-state index in [1.54, 1.807) is 31.6 Å². The third-order valence-corrected chi connectivity index (χ3v) is 3.99. The van der Waals surface area contributed by atoms with Crippen molar-refractivity contribution in [2.75, 3.05) is 13.7 Å². The van der Waals surface area contributed by atoms with Gasteiger partial charge in [-0.1, -0.05) is 12.1 Å². The number of rotatable bonds is 6. The van der Waals surface area contributed by atoms with Crippen LogP contribution < -0.4 is 14.8 Å². The van der Waals surface area contributed by atoms with Crippen LogP contribution in [-0.2, 0) is 11.3 Å². The van der Waals surface area contributed by atoms with E-state index in [1.165, 1.54) is 4.90 Å². The lowest BCUT2D eigenvalue weighted by Gasteiger charge is -2.12. The normalized spacial score (nSPS) is 15.6. The molecule has 1 aromatic heterocycles. The second-order valence-electron chi connectivity index (χ2n) is 5.27. The fourth-order valence-electron chi connectivity index (χ4n) is 2.56. The molecule has 0 saturated carbocycles. The standard InChI is InChI=1S/C18H18N2O4S/c1-3-23-15-8-4-6-12(16(15)22-2)10-14-17(21)20(18(25)19-14)11-13-7-5-9-24-13/h4-10H,3,11H2,1-2H3,(H,19,25)/b14-10-. The molecular formula is C18H18N2O4S. The predicted octanol–water partition coefficient (Wildman–Crippen LogP) is 2.94. The zero-order valence-electron chi connectivity index (χ0n) is 13.9. The van der Waals surface area contributed by atoms with E-state index >= 15 is 0 Å². The highest BCUT2D eigenvalue weighted by molar-refractivity contribution is 7.80. The molecule has 6 nitrogen and oxygen atoms in total. The first-order valence-electron chi connectivity index (χ1n) is 7.80. The van der Waals surface area contributed by atoms with Crippen LogP contribution in [-0.4, -0.2) is 29.6 Å². The molecule has 1 N–H and O–H groups in total.